The number of nitrogens with one attached hydrogen (secondary N) is 2. The van der Waals surface area contributed by atoms with Gasteiger partial charge in [-0.3, -0.25) is 9.59 Å². The van der Waals surface area contributed by atoms with Crippen LogP contribution in [0.1, 0.15) is 12.5 Å². The molecule has 0 fully saturated rings. The van der Waals surface area contributed by atoms with Gasteiger partial charge >= 0.3 is 5.97 Å². The zero-order valence-corrected chi connectivity index (χ0v) is 15.1. The second-order valence-corrected chi connectivity index (χ2v) is 5.84. The number of esters is 1. The number of hydrogen-bond acceptors (Lipinski definition) is 6. The minimum absolute atomic E-state index is 0.0606. The summed E-state index contributed by atoms with van der Waals surface area (Å²) in [6, 6.07) is 13.9. The van der Waals surface area contributed by atoms with E-state index in [9.17, 15) is 14.4 Å². The molecule has 0 saturated heterocycles. The Kier molecular flexibility index (Phi) is 5.91. The Bertz CT molecular complexity index is 924. The summed E-state index contributed by atoms with van der Waals surface area (Å²) in [5.74, 6) is -0.665. The largest absolute Gasteiger partial charge is 0.454 e. The van der Waals surface area contributed by atoms with Crippen molar-refractivity contribution in [1.82, 2.24) is 5.32 Å². The van der Waals surface area contributed by atoms with Crippen molar-refractivity contribution in [2.75, 3.05) is 18.7 Å². The van der Waals surface area contributed by atoms with E-state index < -0.39 is 24.4 Å². The van der Waals surface area contributed by atoms with Gasteiger partial charge in [-0.1, -0.05) is 30.3 Å². The monoisotopic (exact) mass is 382 g/mol. The standard InChI is InChI=1S/C20H18N2O6/c1-13(23)21-16(9-14-5-3-2-4-6-14)20(25)26-11-19(24)22-15-7-8-17-18(10-15)28-12-27-17/h2-10H,11-12H2,1H3,(H,21,23)(H,22,24). The van der Waals surface area contributed by atoms with Crippen molar-refractivity contribution >= 4 is 29.5 Å². The summed E-state index contributed by atoms with van der Waals surface area (Å²) in [6.07, 6.45) is 1.47. The molecule has 1 heterocycles. The van der Waals surface area contributed by atoms with E-state index >= 15 is 0 Å². The lowest BCUT2D eigenvalue weighted by Gasteiger charge is -2.10. The number of benzene rings is 2. The molecular formula is C20H18N2O6. The Balaban J connectivity index is 1.59. The van der Waals surface area contributed by atoms with E-state index in [1.54, 1.807) is 42.5 Å². The molecule has 2 N–H and O–H groups in total. The Morgan fingerprint density at radius 3 is 2.57 bits per heavy atom. The Morgan fingerprint density at radius 2 is 1.82 bits per heavy atom. The molecule has 2 aromatic rings. The van der Waals surface area contributed by atoms with Crippen LogP contribution in [0.15, 0.2) is 54.2 Å². The van der Waals surface area contributed by atoms with E-state index in [1.807, 2.05) is 6.07 Å². The van der Waals surface area contributed by atoms with Crippen molar-refractivity contribution < 1.29 is 28.6 Å². The maximum Gasteiger partial charge on any atom is 0.355 e. The fourth-order valence-electron chi connectivity index (χ4n) is 2.43. The van der Waals surface area contributed by atoms with Crippen LogP contribution >= 0.6 is 0 Å². The molecule has 8 nitrogen and oxygen atoms in total. The van der Waals surface area contributed by atoms with Gasteiger partial charge in [0, 0.05) is 18.7 Å². The molecular weight excluding hydrogens is 364 g/mol. The quantitative estimate of drug-likeness (QED) is 0.586. The molecule has 1 aliphatic rings. The third-order valence-corrected chi connectivity index (χ3v) is 3.63. The Hall–Kier alpha value is -3.81. The molecule has 28 heavy (non-hydrogen) atoms. The maximum absolute atomic E-state index is 12.3. The lowest BCUT2D eigenvalue weighted by Crippen LogP contribution is -2.28. The summed E-state index contributed by atoms with van der Waals surface area (Å²) in [4.78, 5) is 35.7. The number of ether oxygens (including phenoxy) is 3. The van der Waals surface area contributed by atoms with Crippen molar-refractivity contribution in [3.63, 3.8) is 0 Å². The number of carbonyl (C=O) groups is 3. The highest BCUT2D eigenvalue weighted by Gasteiger charge is 2.17. The van der Waals surface area contributed by atoms with E-state index in [-0.39, 0.29) is 12.5 Å². The molecule has 1 aliphatic heterocycles. The number of anilines is 1. The number of carbonyl (C=O) groups excluding carboxylic acids is 3. The SMILES string of the molecule is CC(=O)NC(=Cc1ccccc1)C(=O)OCC(=O)Nc1ccc2c(c1)OCO2. The third kappa shape index (κ3) is 5.10. The highest BCUT2D eigenvalue weighted by molar-refractivity contribution is 5.99. The highest BCUT2D eigenvalue weighted by Crippen LogP contribution is 2.34. The molecule has 0 unspecified atom stereocenters. The van der Waals surface area contributed by atoms with E-state index in [0.717, 1.165) is 0 Å². The lowest BCUT2D eigenvalue weighted by atomic mass is 10.2. The van der Waals surface area contributed by atoms with Crippen LogP contribution in [0.4, 0.5) is 5.69 Å². The first-order valence-electron chi connectivity index (χ1n) is 8.42. The van der Waals surface area contributed by atoms with Crippen LogP contribution in [0.3, 0.4) is 0 Å². The van der Waals surface area contributed by atoms with Crippen LogP contribution < -0.4 is 20.1 Å². The van der Waals surface area contributed by atoms with E-state index in [4.69, 9.17) is 14.2 Å². The predicted molar refractivity (Wildman–Crippen MR) is 100 cm³/mol. The zero-order chi connectivity index (χ0) is 19.9. The molecule has 3 rings (SSSR count). The van der Waals surface area contributed by atoms with E-state index in [2.05, 4.69) is 10.6 Å². The summed E-state index contributed by atoms with van der Waals surface area (Å²) < 4.78 is 15.5. The Labute approximate surface area is 161 Å². The average Bonchev–Trinajstić information content (AvgIpc) is 3.14. The molecule has 0 spiro atoms. The maximum atomic E-state index is 12.3. The van der Waals surface area contributed by atoms with Gasteiger partial charge in [-0.05, 0) is 23.8 Å². The van der Waals surface area contributed by atoms with Crippen molar-refractivity contribution in [1.29, 1.82) is 0 Å². The first-order chi connectivity index (χ1) is 13.5. The Morgan fingerprint density at radius 1 is 1.07 bits per heavy atom. The number of hydrogen-bond donors (Lipinski definition) is 2. The number of fused-ring (bicyclic) bond motifs is 1. The predicted octanol–water partition coefficient (Wildman–Crippen LogP) is 2.07. The van der Waals surface area contributed by atoms with Gasteiger partial charge < -0.3 is 24.8 Å². The number of amides is 2. The fraction of sp³-hybridized carbons (Fsp3) is 0.150. The summed E-state index contributed by atoms with van der Waals surface area (Å²) >= 11 is 0. The van der Waals surface area contributed by atoms with Gasteiger partial charge in [0.15, 0.2) is 18.1 Å². The lowest BCUT2D eigenvalue weighted by molar-refractivity contribution is -0.144. The minimum Gasteiger partial charge on any atom is -0.454 e. The number of rotatable bonds is 6. The second-order valence-electron chi connectivity index (χ2n) is 5.84. The minimum atomic E-state index is -0.820. The van der Waals surface area contributed by atoms with Crippen molar-refractivity contribution in [3.05, 3.63) is 59.8 Å². The van der Waals surface area contributed by atoms with Crippen LogP contribution in [-0.4, -0.2) is 31.2 Å². The van der Waals surface area contributed by atoms with Crippen molar-refractivity contribution in [2.45, 2.75) is 6.92 Å². The van der Waals surface area contributed by atoms with E-state index in [1.165, 1.54) is 13.0 Å². The normalized spacial score (nSPS) is 12.2. The van der Waals surface area contributed by atoms with E-state index in [0.29, 0.717) is 22.7 Å². The van der Waals surface area contributed by atoms with Crippen molar-refractivity contribution in [3.8, 4) is 11.5 Å². The summed E-state index contributed by atoms with van der Waals surface area (Å²) in [5, 5.41) is 5.01. The van der Waals surface area contributed by atoms with Gasteiger partial charge in [-0.15, -0.1) is 0 Å². The molecule has 0 saturated carbocycles. The van der Waals surface area contributed by atoms with Crippen LogP contribution in [0.5, 0.6) is 11.5 Å². The molecule has 2 aromatic carbocycles. The molecule has 144 valence electrons. The summed E-state index contributed by atoms with van der Waals surface area (Å²) in [7, 11) is 0. The smallest absolute Gasteiger partial charge is 0.355 e. The van der Waals surface area contributed by atoms with Gasteiger partial charge in [0.2, 0.25) is 12.7 Å². The van der Waals surface area contributed by atoms with Gasteiger partial charge in [-0.2, -0.15) is 0 Å². The molecule has 0 aliphatic carbocycles. The van der Waals surface area contributed by atoms with Gasteiger partial charge in [-0.25, -0.2) is 4.79 Å². The van der Waals surface area contributed by atoms with Gasteiger partial charge in [0.1, 0.15) is 5.70 Å². The fourth-order valence-corrected chi connectivity index (χ4v) is 2.43. The topological polar surface area (TPSA) is 103 Å². The van der Waals surface area contributed by atoms with Crippen LogP contribution in [-0.2, 0) is 19.1 Å². The van der Waals surface area contributed by atoms with Gasteiger partial charge in [0.25, 0.3) is 5.91 Å². The summed E-state index contributed by atoms with van der Waals surface area (Å²) in [5.41, 5.74) is 1.12. The molecule has 0 aromatic heterocycles. The van der Waals surface area contributed by atoms with Crippen LogP contribution in [0.25, 0.3) is 6.08 Å². The molecule has 0 bridgehead atoms. The van der Waals surface area contributed by atoms with Crippen LogP contribution in [0, 0.1) is 0 Å². The first kappa shape index (κ1) is 19.0. The molecule has 8 heteroatoms. The molecule has 2 amide bonds. The highest BCUT2D eigenvalue weighted by atomic mass is 16.7. The van der Waals surface area contributed by atoms with Gasteiger partial charge in [0.05, 0.1) is 0 Å². The summed E-state index contributed by atoms with van der Waals surface area (Å²) in [6.45, 7) is 0.890. The first-order valence-corrected chi connectivity index (χ1v) is 8.42. The second kappa shape index (κ2) is 8.72. The average molecular weight is 382 g/mol. The molecule has 0 radical (unpaired) electrons. The van der Waals surface area contributed by atoms with Crippen molar-refractivity contribution in [2.24, 2.45) is 0 Å². The van der Waals surface area contributed by atoms with Crippen LogP contribution in [0.2, 0.25) is 0 Å². The third-order valence-electron chi connectivity index (χ3n) is 3.63. The zero-order valence-electron chi connectivity index (χ0n) is 15.1. The molecule has 0 atom stereocenters.